The number of rotatable bonds is 4. The van der Waals surface area contributed by atoms with Crippen molar-refractivity contribution in [2.45, 2.75) is 6.10 Å². The van der Waals surface area contributed by atoms with Gasteiger partial charge in [-0.05, 0) is 12.1 Å². The largest absolute Gasteiger partial charge is 0.390 e. The number of hydrogen-bond acceptors (Lipinski definition) is 3. The molecule has 2 N–H and O–H groups in total. The predicted molar refractivity (Wildman–Crippen MR) is 56.3 cm³/mol. The Morgan fingerprint density at radius 1 is 1.60 bits per heavy atom. The molecule has 3 nitrogen and oxygen atoms in total. The molecule has 0 aliphatic heterocycles. The molecule has 0 saturated carbocycles. The molecule has 1 atom stereocenters. The van der Waals surface area contributed by atoms with Gasteiger partial charge in [0.15, 0.2) is 0 Å². The molecule has 1 rings (SSSR count). The van der Waals surface area contributed by atoms with E-state index in [0.717, 1.165) is 0 Å². The average molecular weight is 229 g/mol. The van der Waals surface area contributed by atoms with E-state index in [4.69, 9.17) is 16.9 Å². The average Bonchev–Trinajstić information content (AvgIpc) is 2.25. The van der Waals surface area contributed by atoms with Crippen molar-refractivity contribution in [2.24, 2.45) is 0 Å². The monoisotopic (exact) mass is 228 g/mol. The van der Waals surface area contributed by atoms with E-state index in [2.05, 4.69) is 5.32 Å². The van der Waals surface area contributed by atoms with E-state index in [1.807, 2.05) is 0 Å². The van der Waals surface area contributed by atoms with Crippen LogP contribution in [-0.4, -0.2) is 23.6 Å². The molecule has 0 fully saturated rings. The van der Waals surface area contributed by atoms with E-state index >= 15 is 0 Å². The van der Waals surface area contributed by atoms with Crippen molar-refractivity contribution in [3.05, 3.63) is 29.6 Å². The number of nitriles is 1. The lowest BCUT2D eigenvalue weighted by molar-refractivity contribution is 0.211. The van der Waals surface area contributed by atoms with Crippen LogP contribution in [0.5, 0.6) is 0 Å². The minimum absolute atomic E-state index is 0.0562. The highest BCUT2D eigenvalue weighted by Gasteiger charge is 2.08. The van der Waals surface area contributed by atoms with Gasteiger partial charge in [-0.25, -0.2) is 4.39 Å². The molecule has 0 heterocycles. The summed E-state index contributed by atoms with van der Waals surface area (Å²) < 4.78 is 13.1. The summed E-state index contributed by atoms with van der Waals surface area (Å²) in [5.41, 5.74) is 0.306. The quantitative estimate of drug-likeness (QED) is 0.772. The van der Waals surface area contributed by atoms with Crippen LogP contribution in [0.1, 0.15) is 5.56 Å². The highest BCUT2D eigenvalue weighted by Crippen LogP contribution is 2.17. The van der Waals surface area contributed by atoms with Gasteiger partial charge in [0.05, 0.1) is 17.7 Å². The third-order valence-corrected chi connectivity index (χ3v) is 2.19. The third kappa shape index (κ3) is 3.08. The first-order valence-corrected chi connectivity index (χ1v) is 4.89. The van der Waals surface area contributed by atoms with Gasteiger partial charge >= 0.3 is 0 Å². The topological polar surface area (TPSA) is 56.0 Å². The number of aliphatic hydroxyl groups is 1. The fourth-order valence-corrected chi connectivity index (χ4v) is 1.18. The van der Waals surface area contributed by atoms with E-state index in [0.29, 0.717) is 5.69 Å². The van der Waals surface area contributed by atoms with Gasteiger partial charge in [-0.15, -0.1) is 11.6 Å². The zero-order valence-corrected chi connectivity index (χ0v) is 8.63. The molecule has 1 aromatic rings. The summed E-state index contributed by atoms with van der Waals surface area (Å²) in [6, 6.07) is 6.03. The molecule has 0 aliphatic carbocycles. The second-order valence-corrected chi connectivity index (χ2v) is 3.27. The van der Waals surface area contributed by atoms with Crippen molar-refractivity contribution < 1.29 is 9.50 Å². The maximum absolute atomic E-state index is 13.1. The minimum atomic E-state index is -0.721. The van der Waals surface area contributed by atoms with Crippen LogP contribution in [0, 0.1) is 17.1 Å². The molecule has 80 valence electrons. The van der Waals surface area contributed by atoms with Crippen LogP contribution in [-0.2, 0) is 0 Å². The Morgan fingerprint density at radius 3 is 2.93 bits per heavy atom. The third-order valence-electron chi connectivity index (χ3n) is 1.83. The first-order chi connectivity index (χ1) is 7.19. The van der Waals surface area contributed by atoms with Crippen molar-refractivity contribution in [3.63, 3.8) is 0 Å². The number of hydrogen-bond donors (Lipinski definition) is 2. The molecule has 0 aliphatic rings. The Kier molecular flexibility index (Phi) is 4.35. The van der Waals surface area contributed by atoms with Crippen molar-refractivity contribution in [3.8, 4) is 6.07 Å². The highest BCUT2D eigenvalue weighted by molar-refractivity contribution is 6.18. The second kappa shape index (κ2) is 5.54. The van der Waals surface area contributed by atoms with Crippen molar-refractivity contribution >= 4 is 17.3 Å². The van der Waals surface area contributed by atoms with E-state index in [1.165, 1.54) is 12.1 Å². The van der Waals surface area contributed by atoms with Gasteiger partial charge in [0.1, 0.15) is 17.4 Å². The molecule has 0 aromatic heterocycles. The fraction of sp³-hybridized carbons (Fsp3) is 0.300. The molecule has 0 radical (unpaired) electrons. The van der Waals surface area contributed by atoms with Crippen LogP contribution in [0.15, 0.2) is 18.2 Å². The number of benzene rings is 1. The Bertz CT molecular complexity index is 378. The lowest BCUT2D eigenvalue weighted by atomic mass is 10.2. The first-order valence-electron chi connectivity index (χ1n) is 4.35. The molecular formula is C10H10ClFN2O. The number of nitrogens with one attached hydrogen (secondary N) is 1. The molecule has 1 unspecified atom stereocenters. The molecular weight excluding hydrogens is 219 g/mol. The Balaban J connectivity index is 2.77. The molecule has 15 heavy (non-hydrogen) atoms. The van der Waals surface area contributed by atoms with Gasteiger partial charge in [0.2, 0.25) is 0 Å². The Labute approximate surface area is 92.1 Å². The van der Waals surface area contributed by atoms with E-state index < -0.39 is 11.9 Å². The van der Waals surface area contributed by atoms with Gasteiger partial charge in [0.25, 0.3) is 0 Å². The molecule has 5 heteroatoms. The first kappa shape index (κ1) is 11.8. The SMILES string of the molecule is N#Cc1c(F)cccc1NCC(O)CCl. The zero-order chi connectivity index (χ0) is 11.3. The van der Waals surface area contributed by atoms with Crippen molar-refractivity contribution in [1.29, 1.82) is 5.26 Å². The fourth-order valence-electron chi connectivity index (χ4n) is 1.07. The number of anilines is 1. The Hall–Kier alpha value is -1.31. The van der Waals surface area contributed by atoms with Crippen LogP contribution in [0.25, 0.3) is 0 Å². The van der Waals surface area contributed by atoms with Crippen LogP contribution in [0.3, 0.4) is 0 Å². The van der Waals surface area contributed by atoms with Gasteiger partial charge in [0, 0.05) is 6.54 Å². The number of halogens is 2. The van der Waals surface area contributed by atoms with Gasteiger partial charge < -0.3 is 10.4 Å². The minimum Gasteiger partial charge on any atom is -0.390 e. The van der Waals surface area contributed by atoms with Gasteiger partial charge in [-0.3, -0.25) is 0 Å². The normalized spacial score (nSPS) is 11.9. The summed E-state index contributed by atoms with van der Waals surface area (Å²) in [7, 11) is 0. The maximum Gasteiger partial charge on any atom is 0.143 e. The summed E-state index contributed by atoms with van der Waals surface area (Å²) in [5, 5.41) is 20.6. The van der Waals surface area contributed by atoms with Crippen molar-refractivity contribution in [2.75, 3.05) is 17.7 Å². The Morgan fingerprint density at radius 2 is 2.33 bits per heavy atom. The van der Waals surface area contributed by atoms with Gasteiger partial charge in [-0.2, -0.15) is 5.26 Å². The summed E-state index contributed by atoms with van der Waals surface area (Å²) in [5.74, 6) is -0.493. The van der Waals surface area contributed by atoms with Gasteiger partial charge in [-0.1, -0.05) is 6.07 Å². The number of nitrogens with zero attached hydrogens (tertiary/aromatic N) is 1. The molecule has 0 saturated heterocycles. The number of alkyl halides is 1. The van der Waals surface area contributed by atoms with E-state index in [-0.39, 0.29) is 18.0 Å². The zero-order valence-electron chi connectivity index (χ0n) is 7.87. The smallest absolute Gasteiger partial charge is 0.143 e. The summed E-state index contributed by atoms with van der Waals surface area (Å²) in [6.45, 7) is 0.182. The second-order valence-electron chi connectivity index (χ2n) is 2.96. The molecule has 0 spiro atoms. The summed E-state index contributed by atoms with van der Waals surface area (Å²) in [6.07, 6.45) is -0.721. The maximum atomic E-state index is 13.1. The predicted octanol–water partition coefficient (Wildman–Crippen LogP) is 1.71. The molecule has 0 amide bonds. The van der Waals surface area contributed by atoms with E-state index in [1.54, 1.807) is 12.1 Å². The molecule has 1 aromatic carbocycles. The lowest BCUT2D eigenvalue weighted by Crippen LogP contribution is -2.21. The van der Waals surface area contributed by atoms with Crippen LogP contribution in [0.4, 0.5) is 10.1 Å². The van der Waals surface area contributed by atoms with Crippen LogP contribution in [0.2, 0.25) is 0 Å². The molecule has 0 bridgehead atoms. The highest BCUT2D eigenvalue weighted by atomic mass is 35.5. The van der Waals surface area contributed by atoms with Crippen LogP contribution >= 0.6 is 11.6 Å². The lowest BCUT2D eigenvalue weighted by Gasteiger charge is -2.11. The van der Waals surface area contributed by atoms with Crippen LogP contribution < -0.4 is 5.32 Å². The number of aliphatic hydroxyl groups excluding tert-OH is 1. The standard InChI is InChI=1S/C10H10ClFN2O/c11-4-7(15)6-14-10-3-1-2-9(12)8(10)5-13/h1-3,7,14-15H,4,6H2. The van der Waals surface area contributed by atoms with E-state index in [9.17, 15) is 9.50 Å². The summed E-state index contributed by atoms with van der Waals surface area (Å²) >= 11 is 5.39. The van der Waals surface area contributed by atoms with Crippen molar-refractivity contribution in [1.82, 2.24) is 0 Å². The summed E-state index contributed by atoms with van der Waals surface area (Å²) in [4.78, 5) is 0.